The van der Waals surface area contributed by atoms with Crippen molar-refractivity contribution in [2.45, 2.75) is 19.8 Å². The van der Waals surface area contributed by atoms with Crippen molar-refractivity contribution in [3.63, 3.8) is 0 Å². The topological polar surface area (TPSA) is 40.9 Å². The Hall–Kier alpha value is -1.40. The minimum absolute atomic E-state index is 0.0328. The number of ketones is 1. The molecule has 0 saturated carbocycles. The number of benzene rings is 1. The van der Waals surface area contributed by atoms with Crippen LogP contribution in [0, 0.1) is 23.1 Å². The molecule has 0 radical (unpaired) electrons. The van der Waals surface area contributed by atoms with E-state index in [0.717, 1.165) is 0 Å². The second kappa shape index (κ2) is 5.62. The summed E-state index contributed by atoms with van der Waals surface area (Å²) in [5.41, 5.74) is -0.0328. The van der Waals surface area contributed by atoms with Gasteiger partial charge in [0.2, 0.25) is 0 Å². The average Bonchev–Trinajstić information content (AvgIpc) is 2.29. The molecule has 1 rings (SSSR count). The fourth-order valence-corrected chi connectivity index (χ4v) is 1.62. The molecule has 0 spiro atoms. The lowest BCUT2D eigenvalue weighted by Crippen LogP contribution is -2.15. The summed E-state index contributed by atoms with van der Waals surface area (Å²) >= 11 is 5.59. The number of nitriles is 1. The van der Waals surface area contributed by atoms with Gasteiger partial charge in [-0.3, -0.25) is 4.79 Å². The molecule has 0 saturated heterocycles. The van der Waals surface area contributed by atoms with Gasteiger partial charge in [0, 0.05) is 12.3 Å². The van der Waals surface area contributed by atoms with Gasteiger partial charge in [-0.15, -0.1) is 0 Å². The molecule has 0 aromatic heterocycles. The minimum atomic E-state index is -0.703. The molecule has 0 amide bonds. The molecule has 1 aromatic rings. The average molecular weight is 240 g/mol. The summed E-state index contributed by atoms with van der Waals surface area (Å²) in [5.74, 6) is -1.52. The zero-order valence-electron chi connectivity index (χ0n) is 8.84. The zero-order chi connectivity index (χ0) is 12.1. The van der Waals surface area contributed by atoms with Crippen molar-refractivity contribution in [3.8, 4) is 6.07 Å². The van der Waals surface area contributed by atoms with Crippen molar-refractivity contribution in [1.29, 1.82) is 5.26 Å². The largest absolute Gasteiger partial charge is 0.294 e. The third-order valence-corrected chi connectivity index (χ3v) is 2.71. The summed E-state index contributed by atoms with van der Waals surface area (Å²) < 4.78 is 13.6. The van der Waals surface area contributed by atoms with Crippen LogP contribution in [0.15, 0.2) is 18.2 Å². The predicted octanol–water partition coefficient (Wildman–Crippen LogP) is 3.60. The summed E-state index contributed by atoms with van der Waals surface area (Å²) in [6.07, 6.45) is 0.611. The van der Waals surface area contributed by atoms with Gasteiger partial charge in [-0.25, -0.2) is 4.39 Å². The predicted molar refractivity (Wildman–Crippen MR) is 59.8 cm³/mol. The van der Waals surface area contributed by atoms with E-state index in [0.29, 0.717) is 6.42 Å². The van der Waals surface area contributed by atoms with Crippen LogP contribution in [0.4, 0.5) is 4.39 Å². The van der Waals surface area contributed by atoms with Crippen molar-refractivity contribution >= 4 is 17.4 Å². The molecule has 0 bridgehead atoms. The van der Waals surface area contributed by atoms with E-state index < -0.39 is 11.7 Å². The Labute approximate surface area is 98.6 Å². The Morgan fingerprint density at radius 1 is 1.62 bits per heavy atom. The van der Waals surface area contributed by atoms with Gasteiger partial charge in [0.25, 0.3) is 0 Å². The van der Waals surface area contributed by atoms with Crippen LogP contribution in [-0.4, -0.2) is 5.78 Å². The molecule has 84 valence electrons. The maximum Gasteiger partial charge on any atom is 0.169 e. The molecule has 1 unspecified atom stereocenters. The Morgan fingerprint density at radius 3 is 2.88 bits per heavy atom. The third kappa shape index (κ3) is 2.59. The van der Waals surface area contributed by atoms with Gasteiger partial charge in [0.15, 0.2) is 11.6 Å². The Kier molecular flexibility index (Phi) is 4.45. The number of halogens is 2. The first-order chi connectivity index (χ1) is 7.61. The van der Waals surface area contributed by atoms with Crippen LogP contribution < -0.4 is 0 Å². The number of nitrogens with zero attached hydrogens (tertiary/aromatic N) is 1. The molecule has 0 N–H and O–H groups in total. The molecule has 1 aromatic carbocycles. The molecular weight excluding hydrogens is 229 g/mol. The van der Waals surface area contributed by atoms with Gasteiger partial charge in [0.1, 0.15) is 0 Å². The number of hydrogen-bond acceptors (Lipinski definition) is 2. The van der Waals surface area contributed by atoms with Crippen LogP contribution in [0.3, 0.4) is 0 Å². The Morgan fingerprint density at radius 2 is 2.31 bits per heavy atom. The molecule has 16 heavy (non-hydrogen) atoms. The molecule has 4 heteroatoms. The first-order valence-electron chi connectivity index (χ1n) is 4.97. The van der Waals surface area contributed by atoms with Crippen LogP contribution in [0.25, 0.3) is 0 Å². The van der Waals surface area contributed by atoms with E-state index in [-0.39, 0.29) is 22.8 Å². The van der Waals surface area contributed by atoms with Crippen LogP contribution in [0.1, 0.15) is 30.1 Å². The lowest BCUT2D eigenvalue weighted by Gasteiger charge is -2.10. The van der Waals surface area contributed by atoms with Gasteiger partial charge in [-0.05, 0) is 18.6 Å². The summed E-state index contributed by atoms with van der Waals surface area (Å²) in [6.45, 7) is 1.79. The summed E-state index contributed by atoms with van der Waals surface area (Å²) in [4.78, 5) is 11.9. The summed E-state index contributed by atoms with van der Waals surface area (Å²) in [7, 11) is 0. The number of Topliss-reactive ketones (excluding diaryl/α,β-unsaturated/α-hetero) is 1. The standard InChI is InChI=1S/C12H11ClFNO/c1-2-8(6-7-15)12(16)9-4-3-5-10(13)11(9)14/h3-5,8H,2,6H2,1H3. The maximum absolute atomic E-state index is 13.6. The SMILES string of the molecule is CCC(CC#N)C(=O)c1cccc(Cl)c1F. The van der Waals surface area contributed by atoms with Gasteiger partial charge in [-0.1, -0.05) is 24.6 Å². The first-order valence-corrected chi connectivity index (χ1v) is 5.34. The fourth-order valence-electron chi connectivity index (χ4n) is 1.45. The highest BCUT2D eigenvalue weighted by atomic mass is 35.5. The van der Waals surface area contributed by atoms with E-state index >= 15 is 0 Å². The lowest BCUT2D eigenvalue weighted by molar-refractivity contribution is 0.0914. The van der Waals surface area contributed by atoms with Crippen molar-refractivity contribution in [1.82, 2.24) is 0 Å². The van der Waals surface area contributed by atoms with Gasteiger partial charge in [0.05, 0.1) is 16.7 Å². The van der Waals surface area contributed by atoms with Crippen LogP contribution in [-0.2, 0) is 0 Å². The number of carbonyl (C=O) groups excluding carboxylic acids is 1. The van der Waals surface area contributed by atoms with Crippen LogP contribution in [0.2, 0.25) is 5.02 Å². The van der Waals surface area contributed by atoms with Gasteiger partial charge < -0.3 is 0 Å². The monoisotopic (exact) mass is 239 g/mol. The smallest absolute Gasteiger partial charge is 0.169 e. The molecule has 1 atom stereocenters. The molecule has 2 nitrogen and oxygen atoms in total. The van der Waals surface area contributed by atoms with Crippen molar-refractivity contribution in [2.75, 3.05) is 0 Å². The van der Waals surface area contributed by atoms with Crippen molar-refractivity contribution < 1.29 is 9.18 Å². The summed E-state index contributed by atoms with van der Waals surface area (Å²) in [5, 5.41) is 8.49. The molecule has 0 aliphatic heterocycles. The highest BCUT2D eigenvalue weighted by molar-refractivity contribution is 6.31. The minimum Gasteiger partial charge on any atom is -0.294 e. The van der Waals surface area contributed by atoms with E-state index in [2.05, 4.69) is 0 Å². The van der Waals surface area contributed by atoms with Gasteiger partial charge >= 0.3 is 0 Å². The maximum atomic E-state index is 13.6. The molecule has 0 fully saturated rings. The van der Waals surface area contributed by atoms with Crippen LogP contribution in [0.5, 0.6) is 0 Å². The highest BCUT2D eigenvalue weighted by Gasteiger charge is 2.21. The summed E-state index contributed by atoms with van der Waals surface area (Å²) in [6, 6.07) is 6.23. The van der Waals surface area contributed by atoms with E-state index in [1.165, 1.54) is 18.2 Å². The van der Waals surface area contributed by atoms with E-state index in [1.807, 2.05) is 6.07 Å². The normalized spacial score (nSPS) is 11.9. The lowest BCUT2D eigenvalue weighted by atomic mass is 9.92. The quantitative estimate of drug-likeness (QED) is 0.754. The second-order valence-corrected chi connectivity index (χ2v) is 3.84. The first kappa shape index (κ1) is 12.7. The number of rotatable bonds is 4. The van der Waals surface area contributed by atoms with Crippen molar-refractivity contribution in [2.24, 2.45) is 5.92 Å². The van der Waals surface area contributed by atoms with E-state index in [4.69, 9.17) is 16.9 Å². The zero-order valence-corrected chi connectivity index (χ0v) is 9.59. The number of hydrogen-bond donors (Lipinski definition) is 0. The molecule has 0 heterocycles. The van der Waals surface area contributed by atoms with Crippen molar-refractivity contribution in [3.05, 3.63) is 34.6 Å². The Bertz CT molecular complexity index is 439. The molecule has 0 aliphatic carbocycles. The van der Waals surface area contributed by atoms with Gasteiger partial charge in [-0.2, -0.15) is 5.26 Å². The second-order valence-electron chi connectivity index (χ2n) is 3.43. The third-order valence-electron chi connectivity index (χ3n) is 2.42. The van der Waals surface area contributed by atoms with Crippen LogP contribution >= 0.6 is 11.6 Å². The van der Waals surface area contributed by atoms with E-state index in [1.54, 1.807) is 6.92 Å². The molecule has 0 aliphatic rings. The van der Waals surface area contributed by atoms with E-state index in [9.17, 15) is 9.18 Å². The fraction of sp³-hybridized carbons (Fsp3) is 0.333. The Balaban J connectivity index is 3.05. The highest BCUT2D eigenvalue weighted by Crippen LogP contribution is 2.22. The number of carbonyl (C=O) groups is 1. The molecular formula is C12H11ClFNO.